The topological polar surface area (TPSA) is 55.0 Å². The van der Waals surface area contributed by atoms with E-state index in [4.69, 9.17) is 15.7 Å². The average molecular weight is 338 g/mol. The highest BCUT2D eigenvalue weighted by molar-refractivity contribution is 5.27. The van der Waals surface area contributed by atoms with Gasteiger partial charge in [0.05, 0.1) is 23.5 Å². The van der Waals surface area contributed by atoms with E-state index in [0.29, 0.717) is 6.04 Å². The number of hydrogen-bond donors (Lipinski definition) is 1. The van der Waals surface area contributed by atoms with E-state index in [2.05, 4.69) is 36.9 Å². The minimum Gasteiger partial charge on any atom is -0.330 e. The Bertz CT molecular complexity index is 685. The van der Waals surface area contributed by atoms with Crippen LogP contribution in [0.1, 0.15) is 67.2 Å². The fraction of sp³-hybridized carbons (Fsp3) is 0.524. The molecule has 4 nitrogen and oxygen atoms in total. The molecule has 0 bridgehead atoms. The lowest BCUT2D eigenvalue weighted by Gasteiger charge is -2.39. The first kappa shape index (κ1) is 18.0. The second-order valence-electron chi connectivity index (χ2n) is 7.07. The highest BCUT2D eigenvalue weighted by atomic mass is 15.2. The summed E-state index contributed by atoms with van der Waals surface area (Å²) in [6.45, 7) is 6.23. The van der Waals surface area contributed by atoms with Crippen molar-refractivity contribution in [3.63, 3.8) is 0 Å². The van der Waals surface area contributed by atoms with Crippen molar-refractivity contribution < 1.29 is 0 Å². The third-order valence-electron chi connectivity index (χ3n) is 5.38. The highest BCUT2D eigenvalue weighted by Crippen LogP contribution is 2.38. The first-order valence-corrected chi connectivity index (χ1v) is 9.53. The van der Waals surface area contributed by atoms with Crippen LogP contribution in [0, 0.1) is 6.92 Å². The van der Waals surface area contributed by atoms with Crippen LogP contribution in [-0.2, 0) is 6.42 Å². The third-order valence-corrected chi connectivity index (χ3v) is 5.38. The van der Waals surface area contributed by atoms with Crippen molar-refractivity contribution >= 4 is 0 Å². The van der Waals surface area contributed by atoms with Crippen LogP contribution in [0.25, 0.3) is 0 Å². The van der Waals surface area contributed by atoms with E-state index < -0.39 is 0 Å². The molecule has 4 heteroatoms. The van der Waals surface area contributed by atoms with Crippen molar-refractivity contribution in [2.75, 3.05) is 13.1 Å². The molecule has 0 saturated heterocycles. The van der Waals surface area contributed by atoms with Crippen molar-refractivity contribution in [1.29, 1.82) is 0 Å². The van der Waals surface area contributed by atoms with Gasteiger partial charge in [-0.25, -0.2) is 0 Å². The molecule has 0 spiro atoms. The Balaban J connectivity index is 1.91. The van der Waals surface area contributed by atoms with E-state index in [1.807, 2.05) is 18.5 Å². The zero-order valence-electron chi connectivity index (χ0n) is 15.5. The molecule has 0 saturated carbocycles. The molecule has 134 valence electrons. The normalized spacial score (nSPS) is 18.2. The van der Waals surface area contributed by atoms with Gasteiger partial charge in [-0.3, -0.25) is 14.9 Å². The molecule has 2 unspecified atom stereocenters. The minimum absolute atomic E-state index is 0.275. The Morgan fingerprint density at radius 1 is 1.20 bits per heavy atom. The van der Waals surface area contributed by atoms with Gasteiger partial charge < -0.3 is 5.73 Å². The van der Waals surface area contributed by atoms with Gasteiger partial charge in [-0.15, -0.1) is 0 Å². The summed E-state index contributed by atoms with van der Waals surface area (Å²) in [4.78, 5) is 12.1. The Labute approximate surface area is 151 Å². The van der Waals surface area contributed by atoms with Gasteiger partial charge >= 0.3 is 0 Å². The maximum absolute atomic E-state index is 5.74. The maximum atomic E-state index is 5.74. The van der Waals surface area contributed by atoms with E-state index in [0.717, 1.165) is 32.4 Å². The third kappa shape index (κ3) is 4.07. The van der Waals surface area contributed by atoms with Crippen LogP contribution in [0.15, 0.2) is 36.7 Å². The molecule has 2 heterocycles. The number of unbranched alkanes of at least 4 members (excludes halogenated alkanes) is 1. The first-order chi connectivity index (χ1) is 12.2. The summed E-state index contributed by atoms with van der Waals surface area (Å²) < 4.78 is 0. The predicted molar refractivity (Wildman–Crippen MR) is 102 cm³/mol. The number of rotatable bonds is 7. The lowest BCUT2D eigenvalue weighted by atomic mass is 9.89. The predicted octanol–water partition coefficient (Wildman–Crippen LogP) is 3.96. The molecule has 25 heavy (non-hydrogen) atoms. The molecular formula is C21H30N4. The summed E-state index contributed by atoms with van der Waals surface area (Å²) >= 11 is 0. The summed E-state index contributed by atoms with van der Waals surface area (Å²) in [7, 11) is 0. The fourth-order valence-electron chi connectivity index (χ4n) is 4.06. The molecule has 3 rings (SSSR count). The van der Waals surface area contributed by atoms with E-state index in [1.54, 1.807) is 0 Å². The average Bonchev–Trinajstić information content (AvgIpc) is 2.65. The number of aryl methyl sites for hydroxylation is 2. The van der Waals surface area contributed by atoms with Gasteiger partial charge in [0.1, 0.15) is 0 Å². The van der Waals surface area contributed by atoms with Crippen LogP contribution in [0.2, 0.25) is 0 Å². The Morgan fingerprint density at radius 3 is 2.80 bits per heavy atom. The number of nitrogens with zero attached hydrogens (tertiary/aromatic N) is 3. The van der Waals surface area contributed by atoms with Crippen LogP contribution >= 0.6 is 0 Å². The fourth-order valence-corrected chi connectivity index (χ4v) is 4.06. The molecule has 0 aliphatic heterocycles. The molecule has 2 aromatic rings. The van der Waals surface area contributed by atoms with Crippen molar-refractivity contribution in [1.82, 2.24) is 14.9 Å². The molecule has 2 aromatic heterocycles. The van der Waals surface area contributed by atoms with Crippen molar-refractivity contribution in [2.45, 2.75) is 58.0 Å². The SMILES string of the molecule is Cc1cccnc1C(C)N(CCCCN)C1CCCc2cccnc21. The summed E-state index contributed by atoms with van der Waals surface area (Å²) in [5, 5.41) is 0. The number of fused-ring (bicyclic) bond motifs is 1. The molecule has 0 amide bonds. The second kappa shape index (κ2) is 8.54. The molecule has 0 aromatic carbocycles. The van der Waals surface area contributed by atoms with Gasteiger partial charge in [0, 0.05) is 12.4 Å². The molecular weight excluding hydrogens is 308 g/mol. The molecule has 0 fully saturated rings. The van der Waals surface area contributed by atoms with Crippen LogP contribution in [-0.4, -0.2) is 28.0 Å². The Kier molecular flexibility index (Phi) is 6.16. The van der Waals surface area contributed by atoms with E-state index in [-0.39, 0.29) is 6.04 Å². The van der Waals surface area contributed by atoms with E-state index >= 15 is 0 Å². The second-order valence-corrected chi connectivity index (χ2v) is 7.07. The monoisotopic (exact) mass is 338 g/mol. The molecule has 1 aliphatic rings. The largest absolute Gasteiger partial charge is 0.330 e. The number of aromatic nitrogens is 2. The van der Waals surface area contributed by atoms with Gasteiger partial charge in [0.15, 0.2) is 0 Å². The lowest BCUT2D eigenvalue weighted by Crippen LogP contribution is -2.36. The van der Waals surface area contributed by atoms with Crippen LogP contribution in [0.5, 0.6) is 0 Å². The van der Waals surface area contributed by atoms with Gasteiger partial charge in [-0.1, -0.05) is 12.1 Å². The summed E-state index contributed by atoms with van der Waals surface area (Å²) in [6, 6.07) is 9.12. The standard InChI is InChI=1S/C21H30N4/c1-16-8-6-13-23-20(16)17(2)25(15-4-3-12-22)19-11-5-9-18-10-7-14-24-21(18)19/h6-8,10,13-14,17,19H,3-5,9,11-12,15,22H2,1-2H3. The zero-order chi connectivity index (χ0) is 17.6. The smallest absolute Gasteiger partial charge is 0.0607 e. The van der Waals surface area contributed by atoms with E-state index in [1.165, 1.54) is 35.4 Å². The van der Waals surface area contributed by atoms with Crippen LogP contribution in [0.3, 0.4) is 0 Å². The molecule has 2 atom stereocenters. The van der Waals surface area contributed by atoms with Gasteiger partial charge in [0.2, 0.25) is 0 Å². The summed E-state index contributed by atoms with van der Waals surface area (Å²) in [6.07, 6.45) is 9.56. The minimum atomic E-state index is 0.275. The van der Waals surface area contributed by atoms with Crippen LogP contribution < -0.4 is 5.73 Å². The van der Waals surface area contributed by atoms with E-state index in [9.17, 15) is 0 Å². The van der Waals surface area contributed by atoms with Crippen molar-refractivity contribution in [3.05, 3.63) is 59.2 Å². The zero-order valence-corrected chi connectivity index (χ0v) is 15.5. The van der Waals surface area contributed by atoms with Gasteiger partial charge in [-0.2, -0.15) is 0 Å². The number of nitrogens with two attached hydrogens (primary N) is 1. The molecule has 2 N–H and O–H groups in total. The van der Waals surface area contributed by atoms with Gasteiger partial charge in [-0.05, 0) is 82.3 Å². The van der Waals surface area contributed by atoms with Gasteiger partial charge in [0.25, 0.3) is 0 Å². The highest BCUT2D eigenvalue weighted by Gasteiger charge is 2.31. The number of hydrogen-bond acceptors (Lipinski definition) is 4. The summed E-state index contributed by atoms with van der Waals surface area (Å²) in [5.41, 5.74) is 10.9. The molecule has 0 radical (unpaired) electrons. The Morgan fingerprint density at radius 2 is 2.00 bits per heavy atom. The summed E-state index contributed by atoms with van der Waals surface area (Å²) in [5.74, 6) is 0. The van der Waals surface area contributed by atoms with Crippen molar-refractivity contribution in [3.8, 4) is 0 Å². The quantitative estimate of drug-likeness (QED) is 0.776. The van der Waals surface area contributed by atoms with Crippen LogP contribution in [0.4, 0.5) is 0 Å². The van der Waals surface area contributed by atoms with Crippen molar-refractivity contribution in [2.24, 2.45) is 5.73 Å². The Hall–Kier alpha value is -1.78. The maximum Gasteiger partial charge on any atom is 0.0607 e. The number of pyridine rings is 2. The first-order valence-electron chi connectivity index (χ1n) is 9.53. The molecule has 1 aliphatic carbocycles. The lowest BCUT2D eigenvalue weighted by molar-refractivity contribution is 0.120.